The molecule has 6 heteroatoms. The van der Waals surface area contributed by atoms with Crippen LogP contribution in [-0.4, -0.2) is 28.9 Å². The number of pyridine rings is 1. The molecule has 4 rings (SSSR count). The minimum absolute atomic E-state index is 0.0551. The summed E-state index contributed by atoms with van der Waals surface area (Å²) in [4.78, 5) is 31.0. The van der Waals surface area contributed by atoms with Crippen LogP contribution in [0, 0.1) is 0 Å². The molecule has 6 nitrogen and oxygen atoms in total. The van der Waals surface area contributed by atoms with Gasteiger partial charge in [-0.2, -0.15) is 0 Å². The lowest BCUT2D eigenvalue weighted by Gasteiger charge is -2.22. The highest BCUT2D eigenvalue weighted by Gasteiger charge is 2.37. The number of nitrogens with two attached hydrogens (primary N) is 1. The number of hydrogen-bond donors (Lipinski definition) is 2. The van der Waals surface area contributed by atoms with Crippen molar-refractivity contribution in [1.82, 2.24) is 4.98 Å². The van der Waals surface area contributed by atoms with E-state index in [9.17, 15) is 9.59 Å². The number of nitrogens with one attached hydrogen (secondary N) is 1. The molecule has 1 fully saturated rings. The Morgan fingerprint density at radius 1 is 1.19 bits per heavy atom. The predicted octanol–water partition coefficient (Wildman–Crippen LogP) is 2.49. The van der Waals surface area contributed by atoms with Gasteiger partial charge in [0.1, 0.15) is 0 Å². The highest BCUT2D eigenvalue weighted by atomic mass is 16.2. The van der Waals surface area contributed by atoms with E-state index >= 15 is 0 Å². The normalized spacial score (nSPS) is 17.8. The second-order valence-corrected chi connectivity index (χ2v) is 7.11. The van der Waals surface area contributed by atoms with E-state index in [0.717, 1.165) is 49.0 Å². The summed E-state index contributed by atoms with van der Waals surface area (Å²) in [6.45, 7) is 0.626. The van der Waals surface area contributed by atoms with E-state index in [-0.39, 0.29) is 11.8 Å². The fraction of sp³-hybridized carbons (Fsp3) is 0.350. The first-order valence-electron chi connectivity index (χ1n) is 9.02. The number of carbonyl (C=O) groups is 2. The lowest BCUT2D eigenvalue weighted by atomic mass is 9.98. The third-order valence-electron chi connectivity index (χ3n) is 5.33. The molecule has 1 aliphatic carbocycles. The molecule has 3 N–H and O–H groups in total. The van der Waals surface area contributed by atoms with Crippen LogP contribution >= 0.6 is 0 Å². The van der Waals surface area contributed by atoms with Gasteiger partial charge in [0.25, 0.3) is 5.91 Å². The molecule has 0 bridgehead atoms. The highest BCUT2D eigenvalue weighted by molar-refractivity contribution is 6.07. The molecule has 134 valence electrons. The number of nitrogens with zero attached hydrogens (tertiary/aromatic N) is 2. The molecule has 2 amide bonds. The zero-order chi connectivity index (χ0) is 18.1. The van der Waals surface area contributed by atoms with Crippen molar-refractivity contribution in [1.29, 1.82) is 0 Å². The van der Waals surface area contributed by atoms with E-state index in [2.05, 4.69) is 10.3 Å². The monoisotopic (exact) mass is 350 g/mol. The Balaban J connectivity index is 1.52. The van der Waals surface area contributed by atoms with Gasteiger partial charge in [-0.25, -0.2) is 0 Å². The van der Waals surface area contributed by atoms with E-state index in [1.165, 1.54) is 0 Å². The molecular formula is C20H22N4O2. The summed E-state index contributed by atoms with van der Waals surface area (Å²) in [7, 11) is 0. The smallest absolute Gasteiger partial charge is 0.259 e. The lowest BCUT2D eigenvalue weighted by molar-refractivity contribution is -0.121. The number of benzene rings is 1. The van der Waals surface area contributed by atoms with Crippen molar-refractivity contribution >= 4 is 23.2 Å². The first kappa shape index (κ1) is 16.7. The van der Waals surface area contributed by atoms with Gasteiger partial charge in [0.15, 0.2) is 0 Å². The summed E-state index contributed by atoms with van der Waals surface area (Å²) in [6, 6.07) is 9.20. The molecule has 1 saturated carbocycles. The zero-order valence-electron chi connectivity index (χ0n) is 14.6. The van der Waals surface area contributed by atoms with Crippen molar-refractivity contribution in [2.45, 2.75) is 37.6 Å². The van der Waals surface area contributed by atoms with Crippen LogP contribution in [0.25, 0.3) is 0 Å². The Kier molecular flexibility index (Phi) is 4.20. The van der Waals surface area contributed by atoms with E-state index in [0.29, 0.717) is 12.1 Å². The van der Waals surface area contributed by atoms with E-state index in [1.54, 1.807) is 29.4 Å². The molecule has 0 saturated heterocycles. The number of rotatable bonds is 3. The maximum absolute atomic E-state index is 12.7. The van der Waals surface area contributed by atoms with Gasteiger partial charge >= 0.3 is 0 Å². The summed E-state index contributed by atoms with van der Waals surface area (Å²) in [5.74, 6) is -0.170. The van der Waals surface area contributed by atoms with Crippen LogP contribution in [0.3, 0.4) is 0 Å². The van der Waals surface area contributed by atoms with Gasteiger partial charge in [0.2, 0.25) is 5.91 Å². The SMILES string of the molecule is NC1(C(=O)Nc2ccc3c(c2)CCN3C(=O)c2cccnc2)CCCC1. The van der Waals surface area contributed by atoms with Crippen LogP contribution < -0.4 is 16.0 Å². The zero-order valence-corrected chi connectivity index (χ0v) is 14.6. The Bertz CT molecular complexity index is 844. The number of anilines is 2. The van der Waals surface area contributed by atoms with E-state index in [1.807, 2.05) is 18.2 Å². The number of amides is 2. The van der Waals surface area contributed by atoms with Crippen molar-refractivity contribution in [3.8, 4) is 0 Å². The highest BCUT2D eigenvalue weighted by Crippen LogP contribution is 2.33. The third-order valence-corrected chi connectivity index (χ3v) is 5.33. The number of hydrogen-bond acceptors (Lipinski definition) is 4. The van der Waals surface area contributed by atoms with Gasteiger partial charge < -0.3 is 16.0 Å². The van der Waals surface area contributed by atoms with Crippen molar-refractivity contribution in [2.24, 2.45) is 5.73 Å². The Morgan fingerprint density at radius 3 is 2.73 bits per heavy atom. The predicted molar refractivity (Wildman–Crippen MR) is 100 cm³/mol. The molecule has 26 heavy (non-hydrogen) atoms. The fourth-order valence-electron chi connectivity index (χ4n) is 3.82. The standard InChI is InChI=1S/C20H22N4O2/c21-20(8-1-2-9-20)19(26)23-16-5-6-17-14(12-16)7-11-24(17)18(25)15-4-3-10-22-13-15/h3-6,10,12-13H,1-2,7-9,11,21H2,(H,23,26). The second-order valence-electron chi connectivity index (χ2n) is 7.11. The molecule has 2 aliphatic rings. The largest absolute Gasteiger partial charge is 0.324 e. The van der Waals surface area contributed by atoms with Crippen LogP contribution in [0.4, 0.5) is 11.4 Å². The Labute approximate surface area is 152 Å². The number of fused-ring (bicyclic) bond motifs is 1. The second kappa shape index (κ2) is 6.53. The van der Waals surface area contributed by atoms with Gasteiger partial charge in [-0.1, -0.05) is 12.8 Å². The van der Waals surface area contributed by atoms with Gasteiger partial charge in [-0.05, 0) is 55.2 Å². The molecular weight excluding hydrogens is 328 g/mol. The molecule has 0 atom stereocenters. The maximum Gasteiger partial charge on any atom is 0.259 e. The van der Waals surface area contributed by atoms with Crippen molar-refractivity contribution in [3.63, 3.8) is 0 Å². The first-order chi connectivity index (χ1) is 12.6. The number of aromatic nitrogens is 1. The van der Waals surface area contributed by atoms with Crippen LogP contribution in [-0.2, 0) is 11.2 Å². The van der Waals surface area contributed by atoms with Crippen LogP contribution in [0.15, 0.2) is 42.7 Å². The van der Waals surface area contributed by atoms with Crippen molar-refractivity contribution in [2.75, 3.05) is 16.8 Å². The van der Waals surface area contributed by atoms with Gasteiger partial charge in [-0.15, -0.1) is 0 Å². The van der Waals surface area contributed by atoms with Crippen LogP contribution in [0.5, 0.6) is 0 Å². The summed E-state index contributed by atoms with van der Waals surface area (Å²) in [5, 5.41) is 2.95. The molecule has 0 unspecified atom stereocenters. The average molecular weight is 350 g/mol. The molecule has 1 aliphatic heterocycles. The Hall–Kier alpha value is -2.73. The lowest BCUT2D eigenvalue weighted by Crippen LogP contribution is -2.48. The topological polar surface area (TPSA) is 88.3 Å². The maximum atomic E-state index is 12.7. The van der Waals surface area contributed by atoms with Gasteiger partial charge in [-0.3, -0.25) is 14.6 Å². The third kappa shape index (κ3) is 2.97. The molecule has 0 radical (unpaired) electrons. The quantitative estimate of drug-likeness (QED) is 0.890. The molecule has 2 aromatic rings. The van der Waals surface area contributed by atoms with Gasteiger partial charge in [0, 0.05) is 30.3 Å². The molecule has 0 spiro atoms. The number of carbonyl (C=O) groups excluding carboxylic acids is 2. The summed E-state index contributed by atoms with van der Waals surface area (Å²) in [5.41, 5.74) is 8.72. The Morgan fingerprint density at radius 2 is 2.00 bits per heavy atom. The van der Waals surface area contributed by atoms with Crippen LogP contribution in [0.2, 0.25) is 0 Å². The minimum atomic E-state index is -0.749. The fourth-order valence-corrected chi connectivity index (χ4v) is 3.82. The van der Waals surface area contributed by atoms with Gasteiger partial charge in [0.05, 0.1) is 11.1 Å². The van der Waals surface area contributed by atoms with E-state index < -0.39 is 5.54 Å². The summed E-state index contributed by atoms with van der Waals surface area (Å²) < 4.78 is 0. The molecule has 2 heterocycles. The molecule has 1 aromatic heterocycles. The summed E-state index contributed by atoms with van der Waals surface area (Å²) in [6.07, 6.45) is 7.46. The average Bonchev–Trinajstić information content (AvgIpc) is 3.29. The molecule has 1 aromatic carbocycles. The van der Waals surface area contributed by atoms with Crippen LogP contribution in [0.1, 0.15) is 41.6 Å². The van der Waals surface area contributed by atoms with Crippen molar-refractivity contribution < 1.29 is 9.59 Å². The van der Waals surface area contributed by atoms with E-state index in [4.69, 9.17) is 5.73 Å². The first-order valence-corrected chi connectivity index (χ1v) is 9.02. The minimum Gasteiger partial charge on any atom is -0.324 e. The summed E-state index contributed by atoms with van der Waals surface area (Å²) >= 11 is 0. The van der Waals surface area contributed by atoms with Crippen molar-refractivity contribution in [3.05, 3.63) is 53.9 Å².